The summed E-state index contributed by atoms with van der Waals surface area (Å²) in [6, 6.07) is 7.91. The molecule has 1 heterocycles. The zero-order chi connectivity index (χ0) is 18.5. The second-order valence-electron chi connectivity index (χ2n) is 6.82. The van der Waals surface area contributed by atoms with Gasteiger partial charge in [-0.3, -0.25) is 9.48 Å². The van der Waals surface area contributed by atoms with Crippen LogP contribution in [-0.2, 0) is 11.8 Å². The van der Waals surface area contributed by atoms with E-state index in [1.165, 1.54) is 19.3 Å². The Balaban J connectivity index is 1.69. The number of hydrogen-bond acceptors (Lipinski definition) is 4. The second-order valence-corrected chi connectivity index (χ2v) is 6.82. The van der Waals surface area contributed by atoms with E-state index >= 15 is 0 Å². The minimum absolute atomic E-state index is 0.0156. The predicted octanol–water partition coefficient (Wildman–Crippen LogP) is 3.27. The summed E-state index contributed by atoms with van der Waals surface area (Å²) in [7, 11) is 5.39. The van der Waals surface area contributed by atoms with E-state index in [2.05, 4.69) is 5.10 Å². The van der Waals surface area contributed by atoms with Crippen LogP contribution in [-0.4, -0.2) is 47.4 Å². The first-order chi connectivity index (χ1) is 12.6. The highest BCUT2D eigenvalue weighted by Gasteiger charge is 2.22. The van der Waals surface area contributed by atoms with Crippen molar-refractivity contribution in [3.05, 3.63) is 30.5 Å². The van der Waals surface area contributed by atoms with Gasteiger partial charge in [0.05, 0.1) is 12.8 Å². The normalized spacial score (nSPS) is 14.9. The highest BCUT2D eigenvalue weighted by Crippen LogP contribution is 2.29. The van der Waals surface area contributed by atoms with Crippen LogP contribution >= 0.6 is 0 Å². The molecule has 0 saturated heterocycles. The average Bonchev–Trinajstić information content (AvgIpc) is 3.11. The molecule has 0 spiro atoms. The Morgan fingerprint density at radius 3 is 2.62 bits per heavy atom. The molecule has 0 aliphatic heterocycles. The summed E-state index contributed by atoms with van der Waals surface area (Å²) in [5.74, 6) is 1.32. The SMILES string of the molecule is COc1cc(OCC(=O)N(C)C2CCCCC2)cc(-c2ccnn2C)c1. The minimum atomic E-state index is 0.0156. The quantitative estimate of drug-likeness (QED) is 0.796. The number of carbonyl (C=O) groups excluding carboxylic acids is 1. The summed E-state index contributed by atoms with van der Waals surface area (Å²) >= 11 is 0. The Morgan fingerprint density at radius 2 is 1.96 bits per heavy atom. The average molecular weight is 357 g/mol. The number of amides is 1. The number of nitrogens with zero attached hydrogens (tertiary/aromatic N) is 3. The Morgan fingerprint density at radius 1 is 1.23 bits per heavy atom. The van der Waals surface area contributed by atoms with Crippen molar-refractivity contribution in [1.82, 2.24) is 14.7 Å². The molecule has 0 atom stereocenters. The van der Waals surface area contributed by atoms with Gasteiger partial charge in [-0.2, -0.15) is 5.10 Å². The predicted molar refractivity (Wildman–Crippen MR) is 100 cm³/mol. The van der Waals surface area contributed by atoms with Crippen molar-refractivity contribution in [2.24, 2.45) is 7.05 Å². The molecule has 1 amide bonds. The van der Waals surface area contributed by atoms with Gasteiger partial charge >= 0.3 is 0 Å². The Hall–Kier alpha value is -2.50. The van der Waals surface area contributed by atoms with E-state index in [0.29, 0.717) is 17.5 Å². The summed E-state index contributed by atoms with van der Waals surface area (Å²) in [5.41, 5.74) is 1.90. The zero-order valence-electron chi connectivity index (χ0n) is 15.8. The van der Waals surface area contributed by atoms with Gasteiger partial charge in [-0.15, -0.1) is 0 Å². The second kappa shape index (κ2) is 8.25. The minimum Gasteiger partial charge on any atom is -0.497 e. The maximum absolute atomic E-state index is 12.5. The van der Waals surface area contributed by atoms with E-state index in [1.807, 2.05) is 37.2 Å². The fourth-order valence-electron chi connectivity index (χ4n) is 3.50. The molecule has 26 heavy (non-hydrogen) atoms. The first kappa shape index (κ1) is 18.3. The number of ether oxygens (including phenoxy) is 2. The molecule has 1 aromatic heterocycles. The third-order valence-electron chi connectivity index (χ3n) is 5.11. The van der Waals surface area contributed by atoms with Crippen molar-refractivity contribution in [2.75, 3.05) is 20.8 Å². The van der Waals surface area contributed by atoms with E-state index in [1.54, 1.807) is 24.1 Å². The van der Waals surface area contributed by atoms with Crippen LogP contribution in [0.3, 0.4) is 0 Å². The standard InChI is InChI=1S/C20H27N3O3/c1-22(16-7-5-4-6-8-16)20(24)14-26-18-12-15(11-17(13-18)25-3)19-9-10-21-23(19)2/h9-13,16H,4-8,14H2,1-3H3. The summed E-state index contributed by atoms with van der Waals surface area (Å²) in [5, 5.41) is 4.20. The molecule has 0 bridgehead atoms. The van der Waals surface area contributed by atoms with Crippen molar-refractivity contribution in [1.29, 1.82) is 0 Å². The lowest BCUT2D eigenvalue weighted by Gasteiger charge is -2.31. The highest BCUT2D eigenvalue weighted by atomic mass is 16.5. The summed E-state index contributed by atoms with van der Waals surface area (Å²) in [4.78, 5) is 14.3. The van der Waals surface area contributed by atoms with E-state index in [0.717, 1.165) is 24.1 Å². The van der Waals surface area contributed by atoms with Crippen molar-refractivity contribution in [3.63, 3.8) is 0 Å². The lowest BCUT2D eigenvalue weighted by atomic mass is 9.94. The first-order valence-electron chi connectivity index (χ1n) is 9.14. The summed E-state index contributed by atoms with van der Waals surface area (Å²) < 4.78 is 13.0. The van der Waals surface area contributed by atoms with Gasteiger partial charge in [0.25, 0.3) is 5.91 Å². The topological polar surface area (TPSA) is 56.6 Å². The molecular weight excluding hydrogens is 330 g/mol. The van der Waals surface area contributed by atoms with Crippen LogP contribution in [0.15, 0.2) is 30.5 Å². The van der Waals surface area contributed by atoms with Gasteiger partial charge in [-0.05, 0) is 31.0 Å². The Labute approximate surface area is 154 Å². The molecule has 1 fully saturated rings. The van der Waals surface area contributed by atoms with Crippen molar-refractivity contribution < 1.29 is 14.3 Å². The largest absolute Gasteiger partial charge is 0.497 e. The summed E-state index contributed by atoms with van der Waals surface area (Å²) in [6.07, 6.45) is 7.60. The number of likely N-dealkylation sites (N-methyl/N-ethyl adjacent to an activating group) is 1. The summed E-state index contributed by atoms with van der Waals surface area (Å²) in [6.45, 7) is 0.0327. The van der Waals surface area contributed by atoms with Crippen LogP contribution in [0, 0.1) is 0 Å². The van der Waals surface area contributed by atoms with E-state index in [-0.39, 0.29) is 12.5 Å². The van der Waals surface area contributed by atoms with Gasteiger partial charge in [-0.25, -0.2) is 0 Å². The van der Waals surface area contributed by atoms with Gasteiger partial charge in [0, 0.05) is 38.0 Å². The van der Waals surface area contributed by atoms with Gasteiger partial charge in [0.2, 0.25) is 0 Å². The fraction of sp³-hybridized carbons (Fsp3) is 0.500. The molecule has 1 aliphatic rings. The molecule has 2 aromatic rings. The first-order valence-corrected chi connectivity index (χ1v) is 9.14. The number of benzene rings is 1. The third kappa shape index (κ3) is 4.18. The molecule has 0 radical (unpaired) electrons. The zero-order valence-corrected chi connectivity index (χ0v) is 15.8. The number of aromatic nitrogens is 2. The van der Waals surface area contributed by atoms with E-state index < -0.39 is 0 Å². The molecule has 1 saturated carbocycles. The lowest BCUT2D eigenvalue weighted by Crippen LogP contribution is -2.40. The van der Waals surface area contributed by atoms with Crippen LogP contribution < -0.4 is 9.47 Å². The van der Waals surface area contributed by atoms with Gasteiger partial charge in [0.15, 0.2) is 6.61 Å². The van der Waals surface area contributed by atoms with Crippen molar-refractivity contribution in [2.45, 2.75) is 38.1 Å². The van der Waals surface area contributed by atoms with Gasteiger partial charge in [0.1, 0.15) is 11.5 Å². The van der Waals surface area contributed by atoms with Crippen molar-refractivity contribution in [3.8, 4) is 22.8 Å². The van der Waals surface area contributed by atoms with E-state index in [9.17, 15) is 4.79 Å². The molecule has 3 rings (SSSR count). The number of methoxy groups -OCH3 is 1. The van der Waals surface area contributed by atoms with Crippen LogP contribution in [0.5, 0.6) is 11.5 Å². The molecule has 0 unspecified atom stereocenters. The monoisotopic (exact) mass is 357 g/mol. The lowest BCUT2D eigenvalue weighted by molar-refractivity contribution is -0.134. The molecular formula is C20H27N3O3. The van der Waals surface area contributed by atoms with Crippen molar-refractivity contribution >= 4 is 5.91 Å². The molecule has 140 valence electrons. The van der Waals surface area contributed by atoms with Crippen LogP contribution in [0.2, 0.25) is 0 Å². The molecule has 6 nitrogen and oxygen atoms in total. The number of aryl methyl sites for hydroxylation is 1. The number of rotatable bonds is 6. The van der Waals surface area contributed by atoms with Crippen LogP contribution in [0.1, 0.15) is 32.1 Å². The van der Waals surface area contributed by atoms with E-state index in [4.69, 9.17) is 9.47 Å². The highest BCUT2D eigenvalue weighted by molar-refractivity contribution is 5.78. The fourth-order valence-corrected chi connectivity index (χ4v) is 3.50. The Kier molecular flexibility index (Phi) is 5.81. The van der Waals surface area contributed by atoms with Gasteiger partial charge < -0.3 is 14.4 Å². The Bertz CT molecular complexity index is 751. The smallest absolute Gasteiger partial charge is 0.260 e. The molecule has 6 heteroatoms. The van der Waals surface area contributed by atoms with Gasteiger partial charge in [-0.1, -0.05) is 19.3 Å². The maximum atomic E-state index is 12.5. The van der Waals surface area contributed by atoms with Crippen LogP contribution in [0.4, 0.5) is 0 Å². The van der Waals surface area contributed by atoms with Crippen LogP contribution in [0.25, 0.3) is 11.3 Å². The number of hydrogen-bond donors (Lipinski definition) is 0. The molecule has 1 aliphatic carbocycles. The number of carbonyl (C=O) groups is 1. The maximum Gasteiger partial charge on any atom is 0.260 e. The molecule has 0 N–H and O–H groups in total. The third-order valence-corrected chi connectivity index (χ3v) is 5.11. The molecule has 1 aromatic carbocycles.